The van der Waals surface area contributed by atoms with Crippen LogP contribution in [0.25, 0.3) is 0 Å². The lowest BCUT2D eigenvalue weighted by atomic mass is 10.1. The van der Waals surface area contributed by atoms with Crippen molar-refractivity contribution in [3.05, 3.63) is 47.0 Å². The van der Waals surface area contributed by atoms with E-state index in [4.69, 9.17) is 17.3 Å². The van der Waals surface area contributed by atoms with Crippen LogP contribution >= 0.6 is 11.6 Å². The molecule has 0 bridgehead atoms. The van der Waals surface area contributed by atoms with Crippen LogP contribution < -0.4 is 5.73 Å². The first kappa shape index (κ1) is 19.5. The maximum absolute atomic E-state index is 12.6. The van der Waals surface area contributed by atoms with Crippen LogP contribution in [-0.2, 0) is 26.7 Å². The third-order valence-electron chi connectivity index (χ3n) is 2.78. The fraction of sp³-hybridized carbons (Fsp3) is 0.308. The molecular formula is C13H14ClF3N2O3S. The molecule has 2 N–H and O–H groups in total. The molecule has 0 saturated carbocycles. The van der Waals surface area contributed by atoms with Gasteiger partial charge in [0.25, 0.3) is 0 Å². The fourth-order valence-electron chi connectivity index (χ4n) is 1.72. The maximum atomic E-state index is 12.6. The number of halogens is 4. The molecule has 5 nitrogen and oxygen atoms in total. The summed E-state index contributed by atoms with van der Waals surface area (Å²) in [6.07, 6.45) is -3.32. The number of sulfonamides is 1. The van der Waals surface area contributed by atoms with Crippen molar-refractivity contribution in [2.75, 3.05) is 13.1 Å². The number of alkyl halides is 3. The molecule has 0 fully saturated rings. The summed E-state index contributed by atoms with van der Waals surface area (Å²) in [6.45, 7) is 2.65. The van der Waals surface area contributed by atoms with Crippen LogP contribution in [0.15, 0.2) is 30.9 Å². The smallest absolute Gasteiger partial charge is 0.369 e. The molecule has 10 heteroatoms. The van der Waals surface area contributed by atoms with E-state index in [-0.39, 0.29) is 17.1 Å². The summed E-state index contributed by atoms with van der Waals surface area (Å²) in [5, 5.41) is -0.332. The van der Waals surface area contributed by atoms with Crippen molar-refractivity contribution in [3.63, 3.8) is 0 Å². The highest BCUT2D eigenvalue weighted by Gasteiger charge is 2.31. The highest BCUT2D eigenvalue weighted by atomic mass is 35.5. The van der Waals surface area contributed by atoms with Crippen molar-refractivity contribution in [1.82, 2.24) is 4.31 Å². The highest BCUT2D eigenvalue weighted by Crippen LogP contribution is 2.32. The molecular weight excluding hydrogens is 357 g/mol. The average Bonchev–Trinajstić information content (AvgIpc) is 2.38. The Morgan fingerprint density at radius 1 is 1.39 bits per heavy atom. The summed E-state index contributed by atoms with van der Waals surface area (Å²) >= 11 is 5.73. The normalized spacial score (nSPS) is 12.4. The van der Waals surface area contributed by atoms with Gasteiger partial charge in [0.05, 0.1) is 17.9 Å². The number of carbonyl (C=O) groups excluding carboxylic acids is 1. The largest absolute Gasteiger partial charge is 0.416 e. The minimum atomic E-state index is -4.58. The van der Waals surface area contributed by atoms with E-state index in [1.54, 1.807) is 0 Å². The Labute approximate surface area is 136 Å². The van der Waals surface area contributed by atoms with Crippen LogP contribution in [-0.4, -0.2) is 31.7 Å². The average molecular weight is 371 g/mol. The predicted molar refractivity (Wildman–Crippen MR) is 80.0 cm³/mol. The summed E-state index contributed by atoms with van der Waals surface area (Å²) in [7, 11) is -4.01. The lowest BCUT2D eigenvalue weighted by Gasteiger charge is -2.19. The van der Waals surface area contributed by atoms with Crippen molar-refractivity contribution >= 4 is 27.5 Å². The molecule has 1 amide bonds. The Balaban J connectivity index is 3.09. The fourth-order valence-corrected chi connectivity index (χ4v) is 3.53. The van der Waals surface area contributed by atoms with E-state index in [1.165, 1.54) is 6.08 Å². The second-order valence-corrected chi connectivity index (χ2v) is 6.98. The van der Waals surface area contributed by atoms with Gasteiger partial charge >= 0.3 is 6.18 Å². The lowest BCUT2D eigenvalue weighted by molar-refractivity contribution is -0.137. The molecule has 0 unspecified atom stereocenters. The number of carbonyl (C=O) groups is 1. The minimum Gasteiger partial charge on any atom is -0.369 e. The first-order valence-electron chi connectivity index (χ1n) is 6.20. The van der Waals surface area contributed by atoms with Gasteiger partial charge in [-0.15, -0.1) is 6.58 Å². The Kier molecular flexibility index (Phi) is 6.20. The van der Waals surface area contributed by atoms with Gasteiger partial charge in [-0.05, 0) is 17.7 Å². The molecule has 0 aromatic heterocycles. The number of benzene rings is 1. The number of rotatable bonds is 7. The number of primary amides is 1. The number of amides is 1. The number of nitrogens with zero attached hydrogens (tertiary/aromatic N) is 1. The zero-order chi connectivity index (χ0) is 17.8. The highest BCUT2D eigenvalue weighted by molar-refractivity contribution is 7.88. The SMILES string of the molecule is C=CCN(CC(N)=O)S(=O)(=O)Cc1ccc(C(F)(F)F)cc1Cl. The molecule has 0 aliphatic heterocycles. The molecule has 1 aromatic carbocycles. The maximum Gasteiger partial charge on any atom is 0.416 e. The van der Waals surface area contributed by atoms with Crippen molar-refractivity contribution in [1.29, 1.82) is 0 Å². The molecule has 0 aliphatic rings. The van der Waals surface area contributed by atoms with Crippen molar-refractivity contribution in [3.8, 4) is 0 Å². The standard InChI is InChI=1S/C13H14ClF3N2O3S/c1-2-5-19(7-12(18)20)23(21,22)8-9-3-4-10(6-11(9)14)13(15,16)17/h2-4,6H,1,5,7-8H2,(H2,18,20). The molecule has 1 aromatic rings. The molecule has 0 atom stereocenters. The second-order valence-electron chi connectivity index (χ2n) is 4.61. The monoisotopic (exact) mass is 370 g/mol. The molecule has 0 saturated heterocycles. The first-order valence-corrected chi connectivity index (χ1v) is 8.18. The third kappa shape index (κ3) is 5.52. The molecule has 23 heavy (non-hydrogen) atoms. The van der Waals surface area contributed by atoms with E-state index in [2.05, 4.69) is 6.58 Å². The van der Waals surface area contributed by atoms with Gasteiger partial charge in [-0.1, -0.05) is 23.7 Å². The number of hydrogen-bond donors (Lipinski definition) is 1. The van der Waals surface area contributed by atoms with Gasteiger partial charge < -0.3 is 5.73 Å². The Hall–Kier alpha value is -1.58. The summed E-state index contributed by atoms with van der Waals surface area (Å²) in [5.41, 5.74) is 3.98. The number of nitrogens with two attached hydrogens (primary N) is 1. The van der Waals surface area contributed by atoms with Gasteiger partial charge in [-0.3, -0.25) is 4.79 Å². The van der Waals surface area contributed by atoms with Gasteiger partial charge in [0.1, 0.15) is 0 Å². The van der Waals surface area contributed by atoms with Crippen LogP contribution in [0.4, 0.5) is 13.2 Å². The van der Waals surface area contributed by atoms with Gasteiger partial charge in [0.15, 0.2) is 0 Å². The molecule has 0 aliphatic carbocycles. The molecule has 1 rings (SSSR count). The van der Waals surface area contributed by atoms with Crippen LogP contribution in [0.5, 0.6) is 0 Å². The summed E-state index contributed by atoms with van der Waals surface area (Å²) in [5.74, 6) is -1.53. The van der Waals surface area contributed by atoms with E-state index in [9.17, 15) is 26.4 Å². The van der Waals surface area contributed by atoms with Crippen LogP contribution in [0.1, 0.15) is 11.1 Å². The van der Waals surface area contributed by atoms with Gasteiger partial charge in [-0.25, -0.2) is 8.42 Å². The zero-order valence-corrected chi connectivity index (χ0v) is 13.4. The van der Waals surface area contributed by atoms with Gasteiger partial charge in [-0.2, -0.15) is 17.5 Å². The Morgan fingerprint density at radius 3 is 2.43 bits per heavy atom. The van der Waals surface area contributed by atoms with E-state index < -0.39 is 40.0 Å². The Bertz CT molecular complexity index is 705. The molecule has 0 spiro atoms. The van der Waals surface area contributed by atoms with E-state index >= 15 is 0 Å². The summed E-state index contributed by atoms with van der Waals surface area (Å²) in [4.78, 5) is 10.9. The molecule has 0 radical (unpaired) electrons. The van der Waals surface area contributed by atoms with Crippen molar-refractivity contribution < 1.29 is 26.4 Å². The molecule has 0 heterocycles. The van der Waals surface area contributed by atoms with Crippen molar-refractivity contribution in [2.45, 2.75) is 11.9 Å². The third-order valence-corrected chi connectivity index (χ3v) is 4.87. The van der Waals surface area contributed by atoms with Crippen LogP contribution in [0.3, 0.4) is 0 Å². The molecule has 128 valence electrons. The minimum absolute atomic E-state index is 0.0156. The Morgan fingerprint density at radius 2 is 2.00 bits per heavy atom. The van der Waals surface area contributed by atoms with Gasteiger partial charge in [0.2, 0.25) is 15.9 Å². The quantitative estimate of drug-likeness (QED) is 0.747. The van der Waals surface area contributed by atoms with E-state index in [0.29, 0.717) is 6.07 Å². The summed E-state index contributed by atoms with van der Waals surface area (Å²) in [6, 6.07) is 2.38. The van der Waals surface area contributed by atoms with E-state index in [0.717, 1.165) is 16.4 Å². The van der Waals surface area contributed by atoms with Crippen LogP contribution in [0, 0.1) is 0 Å². The van der Waals surface area contributed by atoms with Crippen molar-refractivity contribution in [2.24, 2.45) is 5.73 Å². The number of hydrogen-bond acceptors (Lipinski definition) is 3. The van der Waals surface area contributed by atoms with E-state index in [1.807, 2.05) is 0 Å². The van der Waals surface area contributed by atoms with Crippen LogP contribution in [0.2, 0.25) is 5.02 Å². The zero-order valence-electron chi connectivity index (χ0n) is 11.8. The topological polar surface area (TPSA) is 80.5 Å². The second kappa shape index (κ2) is 7.33. The lowest BCUT2D eigenvalue weighted by Crippen LogP contribution is -2.39. The predicted octanol–water partition coefficient (Wildman–Crippen LogP) is 2.16. The van der Waals surface area contributed by atoms with Gasteiger partial charge in [0, 0.05) is 11.6 Å². The first-order chi connectivity index (χ1) is 10.5. The summed E-state index contributed by atoms with van der Waals surface area (Å²) < 4.78 is 63.0.